The topological polar surface area (TPSA) is 84.6 Å². The lowest BCUT2D eigenvalue weighted by Crippen LogP contribution is -2.46. The fourth-order valence-electron chi connectivity index (χ4n) is 4.26. The second-order valence-electron chi connectivity index (χ2n) is 7.92. The first-order chi connectivity index (χ1) is 12.9. The van der Waals surface area contributed by atoms with Crippen LogP contribution in [0, 0.1) is 0 Å². The first-order valence-electron chi connectivity index (χ1n) is 9.36. The number of carbonyl (C=O) groups is 1. The smallest absolute Gasteiger partial charge is 0.255 e. The molecule has 2 unspecified atom stereocenters. The predicted octanol–water partition coefficient (Wildman–Crippen LogP) is 1.95. The van der Waals surface area contributed by atoms with Crippen molar-refractivity contribution in [1.29, 1.82) is 0 Å². The highest BCUT2D eigenvalue weighted by Crippen LogP contribution is 2.46. The number of amides is 1. The van der Waals surface area contributed by atoms with Crippen LogP contribution in [0.1, 0.15) is 35.5 Å². The fraction of sp³-hybridized carbons (Fsp3) is 0.526. The van der Waals surface area contributed by atoms with Gasteiger partial charge in [0.15, 0.2) is 0 Å². The SMILES string of the molecule is CC1(C)c2sc(-c3ccnc(N)n3)cc2C(=O)N1CCN1CCOC2CC21. The minimum Gasteiger partial charge on any atom is -0.375 e. The number of nitrogens with zero attached hydrogens (tertiary/aromatic N) is 4. The number of hydrogen-bond donors (Lipinski definition) is 1. The van der Waals surface area contributed by atoms with Crippen molar-refractivity contribution in [2.45, 2.75) is 38.0 Å². The Labute approximate surface area is 162 Å². The molecule has 8 heteroatoms. The molecule has 7 nitrogen and oxygen atoms in total. The van der Waals surface area contributed by atoms with Crippen LogP contribution in [0.3, 0.4) is 0 Å². The van der Waals surface area contributed by atoms with Crippen molar-refractivity contribution in [3.8, 4) is 10.6 Å². The van der Waals surface area contributed by atoms with Crippen molar-refractivity contribution in [2.24, 2.45) is 0 Å². The quantitative estimate of drug-likeness (QED) is 0.866. The van der Waals surface area contributed by atoms with Crippen molar-refractivity contribution in [3.63, 3.8) is 0 Å². The maximum absolute atomic E-state index is 13.1. The van der Waals surface area contributed by atoms with E-state index < -0.39 is 0 Å². The molecule has 1 aliphatic carbocycles. The van der Waals surface area contributed by atoms with Gasteiger partial charge in [-0.2, -0.15) is 0 Å². The first kappa shape index (κ1) is 17.1. The highest BCUT2D eigenvalue weighted by atomic mass is 32.1. The van der Waals surface area contributed by atoms with Gasteiger partial charge in [0.25, 0.3) is 5.91 Å². The second-order valence-corrected chi connectivity index (χ2v) is 8.97. The molecule has 2 fully saturated rings. The summed E-state index contributed by atoms with van der Waals surface area (Å²) in [6, 6.07) is 4.35. The minimum atomic E-state index is -0.316. The summed E-state index contributed by atoms with van der Waals surface area (Å²) in [4.78, 5) is 27.9. The number of carbonyl (C=O) groups excluding carboxylic acids is 1. The van der Waals surface area contributed by atoms with Crippen molar-refractivity contribution in [3.05, 3.63) is 28.8 Å². The zero-order valence-corrected chi connectivity index (χ0v) is 16.3. The molecule has 4 heterocycles. The number of nitrogen functional groups attached to an aromatic ring is 1. The average molecular weight is 385 g/mol. The van der Waals surface area contributed by atoms with E-state index in [0.717, 1.165) is 53.7 Å². The van der Waals surface area contributed by atoms with E-state index in [-0.39, 0.29) is 17.4 Å². The van der Waals surface area contributed by atoms with Crippen LogP contribution in [0.4, 0.5) is 5.95 Å². The summed E-state index contributed by atoms with van der Waals surface area (Å²) in [6.07, 6.45) is 3.20. The van der Waals surface area contributed by atoms with E-state index in [1.807, 2.05) is 17.0 Å². The summed E-state index contributed by atoms with van der Waals surface area (Å²) in [5.41, 5.74) is 6.96. The molecule has 27 heavy (non-hydrogen) atoms. The predicted molar refractivity (Wildman–Crippen MR) is 104 cm³/mol. The number of fused-ring (bicyclic) bond motifs is 2. The number of anilines is 1. The van der Waals surface area contributed by atoms with Crippen LogP contribution in [-0.4, -0.2) is 64.1 Å². The van der Waals surface area contributed by atoms with E-state index in [9.17, 15) is 4.79 Å². The lowest BCUT2D eigenvalue weighted by atomic mass is 10.0. The van der Waals surface area contributed by atoms with Crippen LogP contribution in [-0.2, 0) is 10.3 Å². The molecule has 2 atom stereocenters. The Morgan fingerprint density at radius 2 is 2.26 bits per heavy atom. The monoisotopic (exact) mass is 385 g/mol. The maximum atomic E-state index is 13.1. The molecule has 0 aromatic carbocycles. The third-order valence-electron chi connectivity index (χ3n) is 5.85. The van der Waals surface area contributed by atoms with Gasteiger partial charge in [-0.05, 0) is 32.4 Å². The van der Waals surface area contributed by atoms with Gasteiger partial charge in [0.2, 0.25) is 5.95 Å². The van der Waals surface area contributed by atoms with E-state index in [0.29, 0.717) is 12.1 Å². The highest BCUT2D eigenvalue weighted by Gasteiger charge is 2.48. The van der Waals surface area contributed by atoms with Crippen LogP contribution in [0.5, 0.6) is 0 Å². The van der Waals surface area contributed by atoms with Crippen LogP contribution >= 0.6 is 11.3 Å². The largest absolute Gasteiger partial charge is 0.375 e. The Balaban J connectivity index is 1.36. The van der Waals surface area contributed by atoms with Crippen LogP contribution in [0.25, 0.3) is 10.6 Å². The molecular weight excluding hydrogens is 362 g/mol. The number of morpholine rings is 1. The van der Waals surface area contributed by atoms with E-state index in [4.69, 9.17) is 10.5 Å². The minimum absolute atomic E-state index is 0.111. The number of hydrogen-bond acceptors (Lipinski definition) is 7. The molecule has 142 valence electrons. The van der Waals surface area contributed by atoms with Crippen LogP contribution < -0.4 is 5.73 Å². The molecule has 1 saturated heterocycles. The van der Waals surface area contributed by atoms with Gasteiger partial charge in [-0.3, -0.25) is 9.69 Å². The Kier molecular flexibility index (Phi) is 3.79. The summed E-state index contributed by atoms with van der Waals surface area (Å²) in [5.74, 6) is 0.359. The van der Waals surface area contributed by atoms with Gasteiger partial charge in [0.1, 0.15) is 0 Å². The van der Waals surface area contributed by atoms with Gasteiger partial charge in [0.05, 0.1) is 34.4 Å². The first-order valence-corrected chi connectivity index (χ1v) is 10.2. The fourth-order valence-corrected chi connectivity index (χ4v) is 5.49. The molecule has 2 N–H and O–H groups in total. The van der Waals surface area contributed by atoms with Gasteiger partial charge in [0, 0.05) is 36.8 Å². The average Bonchev–Trinajstić information content (AvgIpc) is 3.25. The highest BCUT2D eigenvalue weighted by molar-refractivity contribution is 7.16. The third kappa shape index (κ3) is 2.74. The normalized spacial score (nSPS) is 26.1. The van der Waals surface area contributed by atoms with Gasteiger partial charge in [-0.15, -0.1) is 11.3 Å². The van der Waals surface area contributed by atoms with Crippen molar-refractivity contribution >= 4 is 23.2 Å². The number of ether oxygens (including phenoxy) is 1. The molecule has 5 rings (SSSR count). The van der Waals surface area contributed by atoms with Gasteiger partial charge in [-0.25, -0.2) is 9.97 Å². The molecule has 3 aliphatic rings. The Bertz CT molecular complexity index is 911. The van der Waals surface area contributed by atoms with Gasteiger partial charge >= 0.3 is 0 Å². The van der Waals surface area contributed by atoms with Gasteiger partial charge in [-0.1, -0.05) is 0 Å². The van der Waals surface area contributed by atoms with Crippen molar-refractivity contribution in [2.75, 3.05) is 32.0 Å². The molecule has 0 radical (unpaired) electrons. The zero-order valence-electron chi connectivity index (χ0n) is 15.5. The molecule has 2 aromatic heterocycles. The Hall–Kier alpha value is -2.03. The summed E-state index contributed by atoms with van der Waals surface area (Å²) in [6.45, 7) is 7.67. The lowest BCUT2D eigenvalue weighted by Gasteiger charge is -2.35. The molecule has 0 bridgehead atoms. The third-order valence-corrected chi connectivity index (χ3v) is 7.33. The lowest BCUT2D eigenvalue weighted by molar-refractivity contribution is 0.0217. The molecular formula is C19H23N5O2S. The van der Waals surface area contributed by atoms with Crippen molar-refractivity contribution < 1.29 is 9.53 Å². The summed E-state index contributed by atoms with van der Waals surface area (Å²) in [5, 5.41) is 0. The van der Waals surface area contributed by atoms with Crippen LogP contribution in [0.15, 0.2) is 18.3 Å². The van der Waals surface area contributed by atoms with E-state index in [1.54, 1.807) is 17.5 Å². The summed E-state index contributed by atoms with van der Waals surface area (Å²) < 4.78 is 5.68. The number of nitrogens with two attached hydrogens (primary N) is 1. The number of rotatable bonds is 4. The van der Waals surface area contributed by atoms with E-state index in [2.05, 4.69) is 28.7 Å². The summed E-state index contributed by atoms with van der Waals surface area (Å²) in [7, 11) is 0. The number of thiophene rings is 1. The molecule has 2 aromatic rings. The van der Waals surface area contributed by atoms with Gasteiger partial charge < -0.3 is 15.4 Å². The molecule has 1 saturated carbocycles. The summed E-state index contributed by atoms with van der Waals surface area (Å²) >= 11 is 1.63. The van der Waals surface area contributed by atoms with Crippen LogP contribution in [0.2, 0.25) is 0 Å². The number of aromatic nitrogens is 2. The molecule has 2 aliphatic heterocycles. The zero-order chi connectivity index (χ0) is 18.8. The van der Waals surface area contributed by atoms with E-state index >= 15 is 0 Å². The Morgan fingerprint density at radius 1 is 1.41 bits per heavy atom. The molecule has 0 spiro atoms. The Morgan fingerprint density at radius 3 is 3.04 bits per heavy atom. The van der Waals surface area contributed by atoms with Crippen molar-refractivity contribution in [1.82, 2.24) is 19.8 Å². The maximum Gasteiger partial charge on any atom is 0.255 e. The van der Waals surface area contributed by atoms with E-state index in [1.165, 1.54) is 0 Å². The molecule has 1 amide bonds. The standard InChI is InChI=1S/C19H23N5O2S/c1-19(2)16-11(9-15(27-16)12-3-4-21-18(20)22-12)17(25)24(19)6-5-23-7-8-26-14-10-13(14)23/h3-4,9,13-14H,5-8,10H2,1-2H3,(H2,20,21,22). The second kappa shape index (κ2) is 5.98.